The zero-order valence-electron chi connectivity index (χ0n) is 21.2. The molecule has 4 rings (SSSR count). The Kier molecular flexibility index (Phi) is 8.31. The Bertz CT molecular complexity index is 1090. The van der Waals surface area contributed by atoms with Gasteiger partial charge in [0.2, 0.25) is 5.88 Å². The number of nitrogens with zero attached hydrogens (tertiary/aromatic N) is 3. The van der Waals surface area contributed by atoms with Crippen molar-refractivity contribution in [1.29, 1.82) is 0 Å². The molecule has 7 heteroatoms. The third kappa shape index (κ3) is 5.97. The summed E-state index contributed by atoms with van der Waals surface area (Å²) in [6, 6.07) is 16.0. The summed E-state index contributed by atoms with van der Waals surface area (Å²) >= 11 is 0. The number of aliphatic hydroxyl groups is 1. The smallest absolute Gasteiger partial charge is 0.227 e. The zero-order valence-corrected chi connectivity index (χ0v) is 21.2. The first-order valence-corrected chi connectivity index (χ1v) is 12.6. The number of hydrogen-bond acceptors (Lipinski definition) is 6. The molecule has 35 heavy (non-hydrogen) atoms. The number of hydrogen-bond donors (Lipinski definition) is 1. The summed E-state index contributed by atoms with van der Waals surface area (Å²) in [5.41, 5.74) is 2.92. The molecule has 1 heterocycles. The summed E-state index contributed by atoms with van der Waals surface area (Å²) < 4.78 is 19.3. The van der Waals surface area contributed by atoms with Crippen LogP contribution in [-0.4, -0.2) is 52.7 Å². The van der Waals surface area contributed by atoms with Crippen LogP contribution >= 0.6 is 0 Å². The topological polar surface area (TPSA) is 69.0 Å². The Morgan fingerprint density at radius 2 is 1.74 bits per heavy atom. The molecule has 1 aliphatic carbocycles. The fourth-order valence-electron chi connectivity index (χ4n) is 4.41. The van der Waals surface area contributed by atoms with Gasteiger partial charge in [-0.15, -0.1) is 0 Å². The number of benzene rings is 2. The van der Waals surface area contributed by atoms with Gasteiger partial charge in [0.15, 0.2) is 11.5 Å². The van der Waals surface area contributed by atoms with Crippen molar-refractivity contribution in [3.05, 3.63) is 59.8 Å². The number of aliphatic hydroxyl groups excluding tert-OH is 1. The minimum Gasteiger partial charge on any atom is -0.497 e. The molecule has 2 aromatic carbocycles. The third-order valence-corrected chi connectivity index (χ3v) is 6.44. The second kappa shape index (κ2) is 11.6. The summed E-state index contributed by atoms with van der Waals surface area (Å²) in [5, 5.41) is 15.6. The summed E-state index contributed by atoms with van der Waals surface area (Å²) in [5.74, 6) is 2.76. The number of ether oxygens (including phenoxy) is 3. The molecule has 0 saturated heterocycles. The van der Waals surface area contributed by atoms with E-state index in [0.29, 0.717) is 36.5 Å². The van der Waals surface area contributed by atoms with Crippen LogP contribution in [0.1, 0.15) is 50.8 Å². The number of rotatable bonds is 13. The highest BCUT2D eigenvalue weighted by molar-refractivity contribution is 5.48. The Labute approximate surface area is 208 Å². The van der Waals surface area contributed by atoms with Gasteiger partial charge in [-0.1, -0.05) is 32.4 Å². The van der Waals surface area contributed by atoms with Crippen molar-refractivity contribution in [2.45, 2.75) is 64.6 Å². The van der Waals surface area contributed by atoms with Crippen LogP contribution in [0.3, 0.4) is 0 Å². The molecule has 0 aliphatic heterocycles. The molecule has 0 unspecified atom stereocenters. The van der Waals surface area contributed by atoms with Crippen molar-refractivity contribution < 1.29 is 19.3 Å². The van der Waals surface area contributed by atoms with Gasteiger partial charge in [0.1, 0.15) is 5.75 Å². The van der Waals surface area contributed by atoms with Gasteiger partial charge < -0.3 is 19.3 Å². The average molecular weight is 480 g/mol. The highest BCUT2D eigenvalue weighted by Gasteiger charge is 2.33. The van der Waals surface area contributed by atoms with E-state index in [9.17, 15) is 5.11 Å². The van der Waals surface area contributed by atoms with Crippen LogP contribution < -0.4 is 14.2 Å². The van der Waals surface area contributed by atoms with E-state index < -0.39 is 0 Å². The first-order chi connectivity index (χ1) is 17.1. The highest BCUT2D eigenvalue weighted by Crippen LogP contribution is 2.38. The number of aryl methyl sites for hydroxylation is 1. The highest BCUT2D eigenvalue weighted by atomic mass is 16.5. The fraction of sp³-hybridized carbons (Fsp3) is 0.464. The maximum absolute atomic E-state index is 10.6. The summed E-state index contributed by atoms with van der Waals surface area (Å²) in [6.07, 6.45) is 4.54. The first kappa shape index (κ1) is 25.1. The van der Waals surface area contributed by atoms with E-state index in [1.165, 1.54) is 0 Å². The molecule has 1 atom stereocenters. The lowest BCUT2D eigenvalue weighted by molar-refractivity contribution is 0.0961. The SMILES string of the molecule is CCC[C@H](O)CN(Cc1c(CC)nn(-c2ccc(OC)cc2)c1Oc1ccccc1OC)C1CC1. The van der Waals surface area contributed by atoms with E-state index in [1.54, 1.807) is 14.2 Å². The lowest BCUT2D eigenvalue weighted by atomic mass is 10.1. The molecule has 1 aromatic heterocycles. The van der Waals surface area contributed by atoms with Crippen LogP contribution in [0, 0.1) is 0 Å². The maximum Gasteiger partial charge on any atom is 0.227 e. The molecular formula is C28H37N3O4. The van der Waals surface area contributed by atoms with Crippen molar-refractivity contribution >= 4 is 0 Å². The second-order valence-corrected chi connectivity index (χ2v) is 9.05. The fourth-order valence-corrected chi connectivity index (χ4v) is 4.41. The Hall–Kier alpha value is -3.03. The van der Waals surface area contributed by atoms with E-state index in [-0.39, 0.29) is 6.10 Å². The average Bonchev–Trinajstić information content (AvgIpc) is 3.68. The minimum atomic E-state index is -0.333. The first-order valence-electron chi connectivity index (χ1n) is 12.6. The summed E-state index contributed by atoms with van der Waals surface area (Å²) in [4.78, 5) is 2.39. The van der Waals surface area contributed by atoms with Crippen molar-refractivity contribution in [2.75, 3.05) is 20.8 Å². The van der Waals surface area contributed by atoms with Crippen LogP contribution in [0.25, 0.3) is 5.69 Å². The van der Waals surface area contributed by atoms with Crippen molar-refractivity contribution in [3.8, 4) is 28.8 Å². The Morgan fingerprint density at radius 3 is 2.34 bits per heavy atom. The molecule has 188 valence electrons. The molecule has 0 bridgehead atoms. The van der Waals surface area contributed by atoms with E-state index in [0.717, 1.165) is 54.8 Å². The predicted octanol–water partition coefficient (Wildman–Crippen LogP) is 5.37. The van der Waals surface area contributed by atoms with E-state index >= 15 is 0 Å². The summed E-state index contributed by atoms with van der Waals surface area (Å²) in [6.45, 7) is 5.56. The molecule has 3 aromatic rings. The van der Waals surface area contributed by atoms with Crippen LogP contribution in [0.2, 0.25) is 0 Å². The van der Waals surface area contributed by atoms with Gasteiger partial charge in [-0.3, -0.25) is 4.90 Å². The largest absolute Gasteiger partial charge is 0.497 e. The van der Waals surface area contributed by atoms with Gasteiger partial charge in [-0.25, -0.2) is 4.68 Å². The van der Waals surface area contributed by atoms with E-state index in [2.05, 4.69) is 18.7 Å². The molecule has 0 amide bonds. The monoisotopic (exact) mass is 479 g/mol. The predicted molar refractivity (Wildman–Crippen MR) is 137 cm³/mol. The molecule has 1 fully saturated rings. The van der Waals surface area contributed by atoms with Crippen LogP contribution in [0.15, 0.2) is 48.5 Å². The van der Waals surface area contributed by atoms with Crippen molar-refractivity contribution in [3.63, 3.8) is 0 Å². The number of aromatic nitrogens is 2. The Balaban J connectivity index is 1.76. The van der Waals surface area contributed by atoms with Crippen LogP contribution in [0.5, 0.6) is 23.1 Å². The van der Waals surface area contributed by atoms with Crippen LogP contribution in [0.4, 0.5) is 0 Å². The summed E-state index contributed by atoms with van der Waals surface area (Å²) in [7, 11) is 3.30. The van der Waals surface area contributed by atoms with Gasteiger partial charge in [0.25, 0.3) is 0 Å². The minimum absolute atomic E-state index is 0.333. The Morgan fingerprint density at radius 1 is 1.03 bits per heavy atom. The number of para-hydroxylation sites is 2. The molecule has 1 saturated carbocycles. The lowest BCUT2D eigenvalue weighted by Gasteiger charge is -2.25. The molecule has 1 N–H and O–H groups in total. The zero-order chi connectivity index (χ0) is 24.8. The molecule has 1 aliphatic rings. The van der Waals surface area contributed by atoms with Crippen LogP contribution in [-0.2, 0) is 13.0 Å². The lowest BCUT2D eigenvalue weighted by Crippen LogP contribution is -2.34. The van der Waals surface area contributed by atoms with E-state index in [4.69, 9.17) is 19.3 Å². The van der Waals surface area contributed by atoms with Gasteiger partial charge in [-0.05, 0) is 62.1 Å². The van der Waals surface area contributed by atoms with Crippen molar-refractivity contribution in [1.82, 2.24) is 14.7 Å². The molecule has 0 spiro atoms. The quantitative estimate of drug-likeness (QED) is 0.355. The maximum atomic E-state index is 10.6. The molecule has 0 radical (unpaired) electrons. The van der Waals surface area contributed by atoms with Gasteiger partial charge in [0.05, 0.1) is 37.3 Å². The van der Waals surface area contributed by atoms with Crippen molar-refractivity contribution in [2.24, 2.45) is 0 Å². The van der Waals surface area contributed by atoms with Gasteiger partial charge >= 0.3 is 0 Å². The van der Waals surface area contributed by atoms with E-state index in [1.807, 2.05) is 53.2 Å². The second-order valence-electron chi connectivity index (χ2n) is 9.05. The van der Waals surface area contributed by atoms with Gasteiger partial charge in [-0.2, -0.15) is 5.10 Å². The molecular weight excluding hydrogens is 442 g/mol. The number of methoxy groups -OCH3 is 2. The normalized spacial score (nSPS) is 14.2. The standard InChI is InChI=1S/C28H37N3O4/c1-5-9-22(32)18-30(20-12-13-20)19-24-25(6-2)29-31(21-14-16-23(33-3)17-15-21)28(24)35-27-11-8-7-10-26(27)34-4/h7-8,10-11,14-17,20,22,32H,5-6,9,12-13,18-19H2,1-4H3/t22-/m0/s1. The third-order valence-electron chi connectivity index (χ3n) is 6.44. The van der Waals surface area contributed by atoms with Gasteiger partial charge in [0, 0.05) is 19.1 Å². The molecule has 7 nitrogen and oxygen atoms in total.